The standard InChI is InChI=1S/C29H28F3N7O6.C19H20ClF3N2O3.C12H12N4O3/c1-5-17-11-22(29(30,31)32)34-23(12-17)38(13-18-6-7-20(43-3)21(10-18)44-4)24(40)15-37-16-33-26-25(37)27(41)39(28(42)36(26)2)14-19-8-9-45-35-19;1-4-12-8-16(19(21,22)23)24-17(9-12)25(18(26)10-20)11-13-5-6-14(27-2)15(7-13)28-3;1-7-5-8(14-19-7)6-16-11(17)9-3-4-13-10(9)15(2)12(16)18/h6-12,16H,5,13-15H2,1-4H3;5-9H,4,10-11H2,1-3H3;4-5H,3,6H2,1-2H3. The Morgan fingerprint density at radius 3 is 1.64 bits per heavy atom. The second-order valence-corrected chi connectivity index (χ2v) is 20.6. The van der Waals surface area contributed by atoms with Gasteiger partial charge in [0.1, 0.15) is 64.7 Å². The molecule has 486 valence electrons. The zero-order valence-corrected chi connectivity index (χ0v) is 51.6. The first kappa shape index (κ1) is 67.6. The van der Waals surface area contributed by atoms with Crippen molar-refractivity contribution in [3.63, 3.8) is 0 Å². The summed E-state index contributed by atoms with van der Waals surface area (Å²) >= 11 is 5.69. The molecule has 0 unspecified atom stereocenters. The van der Waals surface area contributed by atoms with Crippen molar-refractivity contribution in [1.82, 2.24) is 48.1 Å². The van der Waals surface area contributed by atoms with Crippen LogP contribution in [0.2, 0.25) is 0 Å². The van der Waals surface area contributed by atoms with E-state index in [1.165, 1.54) is 75.4 Å². The van der Waals surface area contributed by atoms with Crippen LogP contribution in [0.3, 0.4) is 0 Å². The summed E-state index contributed by atoms with van der Waals surface area (Å²) < 4.78 is 118. The van der Waals surface area contributed by atoms with Crippen molar-refractivity contribution in [3.8, 4) is 23.0 Å². The van der Waals surface area contributed by atoms with Crippen LogP contribution in [-0.4, -0.2) is 100 Å². The summed E-state index contributed by atoms with van der Waals surface area (Å²) in [5.74, 6) is 0.786. The number of carbonyl (C=O) groups excluding carboxylic acids is 2. The van der Waals surface area contributed by atoms with Crippen LogP contribution >= 0.6 is 11.6 Å². The number of hydrogen-bond acceptors (Lipinski definition) is 18. The van der Waals surface area contributed by atoms with Crippen molar-refractivity contribution >= 4 is 58.2 Å². The molecule has 0 N–H and O–H groups in total. The van der Waals surface area contributed by atoms with Gasteiger partial charge in [0.2, 0.25) is 11.8 Å². The van der Waals surface area contributed by atoms with Gasteiger partial charge in [0.15, 0.2) is 34.2 Å². The minimum Gasteiger partial charge on any atom is -0.493 e. The average Bonchev–Trinajstić information content (AvgIpc) is 1.56. The average molecular weight is 1300 g/mol. The highest BCUT2D eigenvalue weighted by Gasteiger charge is 2.36. The highest BCUT2D eigenvalue weighted by Crippen LogP contribution is 2.35. The summed E-state index contributed by atoms with van der Waals surface area (Å²) in [4.78, 5) is 95.2. The van der Waals surface area contributed by atoms with Gasteiger partial charge in [-0.05, 0) is 90.6 Å². The lowest BCUT2D eigenvalue weighted by Crippen LogP contribution is -2.40. The molecule has 0 bridgehead atoms. The number of ether oxygens (including phenoxy) is 4. The van der Waals surface area contributed by atoms with E-state index in [-0.39, 0.29) is 61.0 Å². The van der Waals surface area contributed by atoms with Gasteiger partial charge < -0.3 is 32.6 Å². The van der Waals surface area contributed by atoms with Crippen molar-refractivity contribution in [2.75, 3.05) is 44.1 Å². The van der Waals surface area contributed by atoms with Crippen molar-refractivity contribution in [2.24, 2.45) is 19.1 Å². The Morgan fingerprint density at radius 1 is 0.641 bits per heavy atom. The molecule has 7 aromatic heterocycles. The highest BCUT2D eigenvalue weighted by molar-refractivity contribution is 6.29. The smallest absolute Gasteiger partial charge is 0.433 e. The van der Waals surface area contributed by atoms with Gasteiger partial charge in [-0.25, -0.2) is 29.5 Å². The van der Waals surface area contributed by atoms with Crippen LogP contribution in [0.15, 0.2) is 119 Å². The quantitative estimate of drug-likeness (QED) is 0.0552. The molecule has 0 fully saturated rings. The Balaban J connectivity index is 0.000000196. The summed E-state index contributed by atoms with van der Waals surface area (Å²) in [7, 11) is 8.86. The molecule has 2 aromatic carbocycles. The number of fused-ring (bicyclic) bond motifs is 2. The minimum atomic E-state index is -4.77. The molecule has 92 heavy (non-hydrogen) atoms. The molecule has 8 heterocycles. The third kappa shape index (κ3) is 15.1. The Morgan fingerprint density at radius 2 is 1.16 bits per heavy atom. The maximum atomic E-state index is 14.0. The van der Waals surface area contributed by atoms with Crippen LogP contribution in [-0.2, 0) is 88.0 Å². The van der Waals surface area contributed by atoms with E-state index in [4.69, 9.17) is 39.6 Å². The van der Waals surface area contributed by atoms with Crippen LogP contribution < -0.4 is 51.2 Å². The summed E-state index contributed by atoms with van der Waals surface area (Å²) in [6, 6.07) is 17.8. The molecule has 10 rings (SSSR count). The summed E-state index contributed by atoms with van der Waals surface area (Å²) in [5, 5.41) is 7.55. The van der Waals surface area contributed by atoms with Crippen LogP contribution in [0.5, 0.6) is 23.0 Å². The predicted molar refractivity (Wildman–Crippen MR) is 322 cm³/mol. The number of aromatic nitrogens is 10. The minimum absolute atomic E-state index is 0.0195. The maximum absolute atomic E-state index is 14.0. The third-order valence-corrected chi connectivity index (χ3v) is 14.5. The molecule has 2 amide bonds. The first-order valence-electron chi connectivity index (χ1n) is 27.8. The monoisotopic (exact) mass is 1300 g/mol. The molecule has 32 heteroatoms. The number of benzene rings is 2. The van der Waals surface area contributed by atoms with E-state index in [2.05, 4.69) is 30.3 Å². The van der Waals surface area contributed by atoms with Crippen molar-refractivity contribution in [2.45, 2.75) is 85.1 Å². The SMILES string of the molecule is CCc1cc(N(Cc2ccc(OC)c(OC)c2)C(=O)CCl)nc(C(F)(F)F)c1.CCc1cc(N(Cc2ccc(OC)c(OC)c2)C(=O)Cn2cnc3c2c(=O)n(Cc2ccon2)c(=O)n3C)nc(C(F)(F)F)c1.Cc1cc(Cn2c(=O)c3c(n(C)c2=O)N=CC3)no1. The molecule has 9 aromatic rings. The molecule has 0 spiro atoms. The number of halogens is 7. The van der Waals surface area contributed by atoms with Gasteiger partial charge in [-0.1, -0.05) is 36.3 Å². The molecular weight excluding hydrogens is 1240 g/mol. The third-order valence-electron chi connectivity index (χ3n) is 14.3. The van der Waals surface area contributed by atoms with Crippen LogP contribution in [0.4, 0.5) is 43.8 Å². The van der Waals surface area contributed by atoms with Gasteiger partial charge in [0.05, 0.1) is 66.5 Å². The summed E-state index contributed by atoms with van der Waals surface area (Å²) in [5.41, 5.74) is -1.09. The summed E-state index contributed by atoms with van der Waals surface area (Å²) in [6.45, 7) is 4.34. The zero-order valence-electron chi connectivity index (χ0n) is 50.9. The van der Waals surface area contributed by atoms with E-state index in [1.807, 2.05) is 0 Å². The Kier molecular flexibility index (Phi) is 21.1. The van der Waals surface area contributed by atoms with Crippen LogP contribution in [0.25, 0.3) is 11.2 Å². The van der Waals surface area contributed by atoms with Crippen molar-refractivity contribution in [3.05, 3.63) is 183 Å². The Hall–Kier alpha value is -10.3. The maximum Gasteiger partial charge on any atom is 0.433 e. The lowest BCUT2D eigenvalue weighted by atomic mass is 10.1. The first-order chi connectivity index (χ1) is 43.7. The highest BCUT2D eigenvalue weighted by atomic mass is 35.5. The van der Waals surface area contributed by atoms with E-state index in [9.17, 15) is 55.1 Å². The van der Waals surface area contributed by atoms with Gasteiger partial charge in [0.25, 0.3) is 11.1 Å². The predicted octanol–water partition coefficient (Wildman–Crippen LogP) is 7.76. The van der Waals surface area contributed by atoms with E-state index in [0.29, 0.717) is 86.6 Å². The molecule has 25 nitrogen and oxygen atoms in total. The number of carbonyl (C=O) groups is 2. The molecule has 1 aliphatic rings. The normalized spacial score (nSPS) is 11.8. The largest absolute Gasteiger partial charge is 0.493 e. The Labute approximate surface area is 523 Å². The van der Waals surface area contributed by atoms with Crippen molar-refractivity contribution in [1.29, 1.82) is 0 Å². The number of rotatable bonds is 19. The first-order valence-corrected chi connectivity index (χ1v) is 28.4. The lowest BCUT2D eigenvalue weighted by molar-refractivity contribution is -0.142. The number of aliphatic imine (C=N–C) groups is 1. The fourth-order valence-electron chi connectivity index (χ4n) is 9.58. The number of hydrogen-bond donors (Lipinski definition) is 0. The number of imidazole rings is 1. The number of amides is 2. The zero-order chi connectivity index (χ0) is 66.9. The molecule has 0 atom stereocenters. The number of aryl methyl sites for hydroxylation is 4. The number of anilines is 2. The molecule has 0 aliphatic carbocycles. The van der Waals surface area contributed by atoms with Crippen molar-refractivity contribution < 1.29 is 63.9 Å². The number of nitrogens with zero attached hydrogens (tertiary/aromatic N) is 13. The van der Waals surface area contributed by atoms with Gasteiger partial charge in [-0.2, -0.15) is 26.3 Å². The second kappa shape index (κ2) is 28.7. The fourth-order valence-corrected chi connectivity index (χ4v) is 9.72. The molecule has 0 radical (unpaired) electrons. The molecular formula is C60H60ClF6N13O12. The van der Waals surface area contributed by atoms with E-state index in [0.717, 1.165) is 35.6 Å². The van der Waals surface area contributed by atoms with E-state index >= 15 is 0 Å². The van der Waals surface area contributed by atoms with Crippen LogP contribution in [0, 0.1) is 6.92 Å². The van der Waals surface area contributed by atoms with Crippen LogP contribution in [0.1, 0.15) is 70.2 Å². The molecule has 0 saturated heterocycles. The lowest BCUT2D eigenvalue weighted by Gasteiger charge is -2.24. The van der Waals surface area contributed by atoms with Gasteiger partial charge in [-0.15, -0.1) is 11.6 Å². The second-order valence-electron chi connectivity index (χ2n) is 20.4. The number of methoxy groups -OCH3 is 4. The topological polar surface area (TPSA) is 274 Å². The number of alkyl halides is 7. The molecule has 1 aliphatic heterocycles. The number of pyridine rings is 2. The molecule has 0 saturated carbocycles. The van der Waals surface area contributed by atoms with E-state index < -0.39 is 64.9 Å². The van der Waals surface area contributed by atoms with Gasteiger partial charge in [-0.3, -0.25) is 47.2 Å². The summed E-state index contributed by atoms with van der Waals surface area (Å²) in [6.07, 6.45) is -4.17. The van der Waals surface area contributed by atoms with Gasteiger partial charge in [0, 0.05) is 38.9 Å². The van der Waals surface area contributed by atoms with Gasteiger partial charge >= 0.3 is 23.7 Å². The van der Waals surface area contributed by atoms with E-state index in [1.54, 1.807) is 76.5 Å². The Bertz CT molecular complexity index is 4460. The fraction of sp³-hybridized carbons (Fsp3) is 0.333.